The van der Waals surface area contributed by atoms with Gasteiger partial charge in [0.05, 0.1) is 5.69 Å². The van der Waals surface area contributed by atoms with Crippen LogP contribution in [-0.4, -0.2) is 20.9 Å². The van der Waals surface area contributed by atoms with Crippen LogP contribution in [0.25, 0.3) is 5.69 Å². The van der Waals surface area contributed by atoms with E-state index in [0.717, 1.165) is 18.7 Å². The maximum Gasteiger partial charge on any atom is 0.351 e. The van der Waals surface area contributed by atoms with Gasteiger partial charge in [-0.2, -0.15) is 0 Å². The van der Waals surface area contributed by atoms with E-state index in [4.69, 9.17) is 11.6 Å². The van der Waals surface area contributed by atoms with E-state index >= 15 is 0 Å². The Hall–Kier alpha value is -1.75. The molecule has 0 unspecified atom stereocenters. The summed E-state index contributed by atoms with van der Waals surface area (Å²) in [4.78, 5) is 12.0. The average molecular weight is 267 g/mol. The van der Waals surface area contributed by atoms with Gasteiger partial charge >= 0.3 is 5.69 Å². The van der Waals surface area contributed by atoms with Crippen molar-refractivity contribution in [1.29, 1.82) is 0 Å². The van der Waals surface area contributed by atoms with Gasteiger partial charge in [0.25, 0.3) is 0 Å². The third-order valence-electron chi connectivity index (χ3n) is 2.54. The van der Waals surface area contributed by atoms with Gasteiger partial charge in [0.1, 0.15) is 0 Å². The maximum atomic E-state index is 12.0. The molecule has 1 aromatic carbocycles. The Balaban J connectivity index is 2.48. The number of rotatable bonds is 4. The third-order valence-corrected chi connectivity index (χ3v) is 2.79. The van der Waals surface area contributed by atoms with Gasteiger partial charge in [-0.3, -0.25) is 0 Å². The highest BCUT2D eigenvalue weighted by atomic mass is 35.5. The molecule has 0 bridgehead atoms. The Morgan fingerprint density at radius 2 is 2.00 bits per heavy atom. The van der Waals surface area contributed by atoms with Crippen molar-refractivity contribution in [1.82, 2.24) is 14.3 Å². The summed E-state index contributed by atoms with van der Waals surface area (Å²) in [5.74, 6) is 0.548. The lowest BCUT2D eigenvalue weighted by molar-refractivity contribution is 0.726. The van der Waals surface area contributed by atoms with Gasteiger partial charge in [-0.05, 0) is 30.7 Å². The lowest BCUT2D eigenvalue weighted by Crippen LogP contribution is -2.22. The second-order valence-corrected chi connectivity index (χ2v) is 4.40. The zero-order valence-electron chi connectivity index (χ0n) is 10.4. The van der Waals surface area contributed by atoms with E-state index in [1.165, 1.54) is 9.25 Å². The SMILES string of the molecule is CCCNc1nn(C)c(=O)n1-c1ccc(Cl)cc1. The number of aromatic nitrogens is 3. The molecule has 5 nitrogen and oxygen atoms in total. The van der Waals surface area contributed by atoms with Crippen molar-refractivity contribution in [3.63, 3.8) is 0 Å². The van der Waals surface area contributed by atoms with Crippen LogP contribution in [0.15, 0.2) is 29.1 Å². The molecule has 0 aliphatic carbocycles. The number of hydrogen-bond acceptors (Lipinski definition) is 3. The first-order valence-electron chi connectivity index (χ1n) is 5.79. The summed E-state index contributed by atoms with van der Waals surface area (Å²) in [6, 6.07) is 7.09. The van der Waals surface area contributed by atoms with E-state index in [-0.39, 0.29) is 5.69 Å². The minimum atomic E-state index is -0.184. The van der Waals surface area contributed by atoms with Gasteiger partial charge in [-0.1, -0.05) is 18.5 Å². The second kappa shape index (κ2) is 5.27. The Morgan fingerprint density at radius 3 is 2.61 bits per heavy atom. The van der Waals surface area contributed by atoms with Gasteiger partial charge in [-0.15, -0.1) is 5.10 Å². The molecule has 0 saturated heterocycles. The number of hydrogen-bond donors (Lipinski definition) is 1. The number of anilines is 1. The lowest BCUT2D eigenvalue weighted by atomic mass is 10.3. The van der Waals surface area contributed by atoms with Gasteiger partial charge < -0.3 is 5.32 Å². The van der Waals surface area contributed by atoms with Gasteiger partial charge in [0, 0.05) is 18.6 Å². The summed E-state index contributed by atoms with van der Waals surface area (Å²) in [7, 11) is 1.63. The number of benzene rings is 1. The molecule has 96 valence electrons. The highest BCUT2D eigenvalue weighted by Crippen LogP contribution is 2.15. The number of nitrogens with one attached hydrogen (secondary N) is 1. The normalized spacial score (nSPS) is 10.6. The molecule has 0 aliphatic heterocycles. The van der Waals surface area contributed by atoms with Crippen LogP contribution in [0.3, 0.4) is 0 Å². The van der Waals surface area contributed by atoms with E-state index in [1.54, 1.807) is 31.3 Å². The van der Waals surface area contributed by atoms with Crippen molar-refractivity contribution in [2.24, 2.45) is 7.05 Å². The van der Waals surface area contributed by atoms with E-state index in [2.05, 4.69) is 17.3 Å². The molecule has 0 spiro atoms. The average Bonchev–Trinajstić information content (AvgIpc) is 2.64. The first-order valence-corrected chi connectivity index (χ1v) is 6.17. The lowest BCUT2D eigenvalue weighted by Gasteiger charge is -2.06. The Bertz CT molecular complexity index is 585. The fourth-order valence-corrected chi connectivity index (χ4v) is 1.76. The molecule has 0 aliphatic rings. The standard InChI is InChI=1S/C12H15ClN4O/c1-3-8-14-11-15-16(2)12(18)17(11)10-6-4-9(13)5-7-10/h4-7H,3,8H2,1-2H3,(H,14,15). The highest BCUT2D eigenvalue weighted by Gasteiger charge is 2.12. The number of halogens is 1. The smallest absolute Gasteiger partial charge is 0.351 e. The van der Waals surface area contributed by atoms with Crippen molar-refractivity contribution in [2.45, 2.75) is 13.3 Å². The fourth-order valence-electron chi connectivity index (χ4n) is 1.64. The predicted octanol–water partition coefficient (Wildman–Crippen LogP) is 2.05. The van der Waals surface area contributed by atoms with Crippen LogP contribution in [0.4, 0.5) is 5.95 Å². The van der Waals surface area contributed by atoms with Crippen LogP contribution in [-0.2, 0) is 7.05 Å². The zero-order valence-corrected chi connectivity index (χ0v) is 11.1. The molecule has 0 fully saturated rings. The molecule has 1 heterocycles. The molecule has 6 heteroatoms. The molecule has 0 amide bonds. The highest BCUT2D eigenvalue weighted by molar-refractivity contribution is 6.30. The third kappa shape index (κ3) is 2.41. The maximum absolute atomic E-state index is 12.0. The Morgan fingerprint density at radius 1 is 1.33 bits per heavy atom. The molecular weight excluding hydrogens is 252 g/mol. The van der Waals surface area contributed by atoms with Crippen LogP contribution in [0.1, 0.15) is 13.3 Å². The second-order valence-electron chi connectivity index (χ2n) is 3.97. The van der Waals surface area contributed by atoms with Crippen molar-refractivity contribution >= 4 is 17.5 Å². The summed E-state index contributed by atoms with van der Waals surface area (Å²) in [5, 5.41) is 7.94. The Labute approximate surface area is 110 Å². The summed E-state index contributed by atoms with van der Waals surface area (Å²) in [5.41, 5.74) is 0.562. The Kier molecular flexibility index (Phi) is 3.72. The van der Waals surface area contributed by atoms with E-state index < -0.39 is 0 Å². The molecule has 18 heavy (non-hydrogen) atoms. The van der Waals surface area contributed by atoms with E-state index in [1.807, 2.05) is 0 Å². The van der Waals surface area contributed by atoms with E-state index in [0.29, 0.717) is 11.0 Å². The van der Waals surface area contributed by atoms with Crippen LogP contribution < -0.4 is 11.0 Å². The minimum Gasteiger partial charge on any atom is -0.354 e. The van der Waals surface area contributed by atoms with Crippen LogP contribution >= 0.6 is 11.6 Å². The van der Waals surface area contributed by atoms with Crippen molar-refractivity contribution < 1.29 is 0 Å². The minimum absolute atomic E-state index is 0.184. The zero-order chi connectivity index (χ0) is 13.1. The van der Waals surface area contributed by atoms with Crippen LogP contribution in [0, 0.1) is 0 Å². The van der Waals surface area contributed by atoms with Gasteiger partial charge in [0.2, 0.25) is 5.95 Å². The molecule has 1 aromatic heterocycles. The molecule has 0 saturated carbocycles. The van der Waals surface area contributed by atoms with Gasteiger partial charge in [0.15, 0.2) is 0 Å². The summed E-state index contributed by atoms with van der Waals surface area (Å²) < 4.78 is 2.85. The van der Waals surface area contributed by atoms with Gasteiger partial charge in [-0.25, -0.2) is 14.0 Å². The fraction of sp³-hybridized carbons (Fsp3) is 0.333. The summed E-state index contributed by atoms with van der Waals surface area (Å²) >= 11 is 5.84. The molecule has 1 N–H and O–H groups in total. The largest absolute Gasteiger partial charge is 0.354 e. The summed E-state index contributed by atoms with van der Waals surface area (Å²) in [6.07, 6.45) is 0.964. The first-order chi connectivity index (χ1) is 8.63. The van der Waals surface area contributed by atoms with Crippen molar-refractivity contribution in [2.75, 3.05) is 11.9 Å². The molecule has 0 radical (unpaired) electrons. The number of nitrogens with zero attached hydrogens (tertiary/aromatic N) is 3. The van der Waals surface area contributed by atoms with Crippen LogP contribution in [0.2, 0.25) is 5.02 Å². The molecule has 2 rings (SSSR count). The molecule has 0 atom stereocenters. The van der Waals surface area contributed by atoms with Crippen molar-refractivity contribution in [3.05, 3.63) is 39.8 Å². The monoisotopic (exact) mass is 266 g/mol. The molecular formula is C12H15ClN4O. The summed E-state index contributed by atoms with van der Waals surface area (Å²) in [6.45, 7) is 2.82. The van der Waals surface area contributed by atoms with Crippen LogP contribution in [0.5, 0.6) is 0 Å². The van der Waals surface area contributed by atoms with Crippen molar-refractivity contribution in [3.8, 4) is 5.69 Å². The predicted molar refractivity (Wildman–Crippen MR) is 72.6 cm³/mol. The number of aryl methyl sites for hydroxylation is 1. The quantitative estimate of drug-likeness (QED) is 0.921. The molecule has 2 aromatic rings. The first kappa shape index (κ1) is 12.7. The van der Waals surface area contributed by atoms with E-state index in [9.17, 15) is 4.79 Å². The topological polar surface area (TPSA) is 51.9 Å².